The highest BCUT2D eigenvalue weighted by atomic mass is 35.5. The van der Waals surface area contributed by atoms with E-state index in [1.807, 2.05) is 12.1 Å². The first kappa shape index (κ1) is 14.2. The standard InChI is InChI=1S/C9H13NO3S.ClH/c1-13-9-4-2-8(3-5-9)6-7-14(10,11)12;/h2-5H,6-7H2,1H3,(H2,10,11,12);1H. The van der Waals surface area contributed by atoms with Gasteiger partial charge in [0.1, 0.15) is 5.75 Å². The largest absolute Gasteiger partial charge is 0.497 e. The Bertz CT molecular complexity index is 388. The van der Waals surface area contributed by atoms with Crippen LogP contribution in [0.5, 0.6) is 5.75 Å². The van der Waals surface area contributed by atoms with Crippen molar-refractivity contribution in [2.24, 2.45) is 5.14 Å². The molecule has 0 spiro atoms. The zero-order valence-electron chi connectivity index (χ0n) is 8.34. The van der Waals surface area contributed by atoms with Crippen LogP contribution < -0.4 is 9.88 Å². The van der Waals surface area contributed by atoms with Gasteiger partial charge >= 0.3 is 0 Å². The molecular formula is C9H14ClNO3S. The Morgan fingerprint density at radius 1 is 1.27 bits per heavy atom. The summed E-state index contributed by atoms with van der Waals surface area (Å²) in [5.74, 6) is 0.726. The average Bonchev–Trinajstić information content (AvgIpc) is 2.14. The van der Waals surface area contributed by atoms with Crippen molar-refractivity contribution >= 4 is 22.4 Å². The molecule has 0 saturated carbocycles. The molecule has 0 aliphatic carbocycles. The van der Waals surface area contributed by atoms with Crippen LogP contribution in [0.1, 0.15) is 5.56 Å². The van der Waals surface area contributed by atoms with Crippen molar-refractivity contribution in [3.8, 4) is 5.75 Å². The van der Waals surface area contributed by atoms with Gasteiger partial charge in [0.2, 0.25) is 10.0 Å². The summed E-state index contributed by atoms with van der Waals surface area (Å²) in [7, 11) is -1.79. The molecule has 0 aliphatic rings. The number of benzene rings is 1. The number of nitrogens with two attached hydrogens (primary N) is 1. The highest BCUT2D eigenvalue weighted by Gasteiger charge is 2.03. The number of primary sulfonamides is 1. The minimum Gasteiger partial charge on any atom is -0.497 e. The zero-order chi connectivity index (χ0) is 10.6. The van der Waals surface area contributed by atoms with E-state index in [1.54, 1.807) is 19.2 Å². The molecule has 1 aromatic carbocycles. The maximum Gasteiger partial charge on any atom is 0.209 e. The van der Waals surface area contributed by atoms with E-state index in [0.29, 0.717) is 6.42 Å². The molecule has 15 heavy (non-hydrogen) atoms. The Kier molecular flexibility index (Phi) is 5.64. The molecule has 0 aliphatic heterocycles. The maximum absolute atomic E-state index is 10.7. The topological polar surface area (TPSA) is 69.4 Å². The van der Waals surface area contributed by atoms with Crippen LogP contribution in [-0.4, -0.2) is 21.3 Å². The second-order valence-corrected chi connectivity index (χ2v) is 4.70. The second-order valence-electron chi connectivity index (χ2n) is 2.97. The van der Waals surface area contributed by atoms with Gasteiger partial charge in [-0.15, -0.1) is 12.4 Å². The third-order valence-corrected chi connectivity index (χ3v) is 2.61. The molecule has 2 N–H and O–H groups in total. The van der Waals surface area contributed by atoms with Crippen molar-refractivity contribution < 1.29 is 13.2 Å². The molecule has 0 amide bonds. The van der Waals surface area contributed by atoms with E-state index in [-0.39, 0.29) is 18.2 Å². The summed E-state index contributed by atoms with van der Waals surface area (Å²) < 4.78 is 26.3. The quantitative estimate of drug-likeness (QED) is 0.866. The lowest BCUT2D eigenvalue weighted by Crippen LogP contribution is -2.17. The van der Waals surface area contributed by atoms with E-state index in [4.69, 9.17) is 9.88 Å². The van der Waals surface area contributed by atoms with E-state index in [9.17, 15) is 8.42 Å². The first-order valence-corrected chi connectivity index (χ1v) is 5.86. The lowest BCUT2D eigenvalue weighted by molar-refractivity contribution is 0.414. The van der Waals surface area contributed by atoms with E-state index < -0.39 is 10.0 Å². The van der Waals surface area contributed by atoms with Crippen molar-refractivity contribution in [1.29, 1.82) is 0 Å². The van der Waals surface area contributed by atoms with Gasteiger partial charge in [-0.2, -0.15) is 0 Å². The lowest BCUT2D eigenvalue weighted by Gasteiger charge is -2.02. The lowest BCUT2D eigenvalue weighted by atomic mass is 10.2. The summed E-state index contributed by atoms with van der Waals surface area (Å²) in [6.07, 6.45) is 0.433. The van der Waals surface area contributed by atoms with Crippen molar-refractivity contribution in [1.82, 2.24) is 0 Å². The number of sulfonamides is 1. The number of aryl methyl sites for hydroxylation is 1. The number of halogens is 1. The first-order chi connectivity index (χ1) is 6.51. The van der Waals surface area contributed by atoms with E-state index in [1.165, 1.54) is 0 Å². The van der Waals surface area contributed by atoms with Crippen molar-refractivity contribution in [2.75, 3.05) is 12.9 Å². The van der Waals surface area contributed by atoms with Gasteiger partial charge in [-0.1, -0.05) is 12.1 Å². The van der Waals surface area contributed by atoms with Crippen molar-refractivity contribution in [2.45, 2.75) is 6.42 Å². The minimum absolute atomic E-state index is 0. The second kappa shape index (κ2) is 5.95. The van der Waals surface area contributed by atoms with Gasteiger partial charge in [0.25, 0.3) is 0 Å². The summed E-state index contributed by atoms with van der Waals surface area (Å²) >= 11 is 0. The van der Waals surface area contributed by atoms with Crippen LogP contribution in [0.15, 0.2) is 24.3 Å². The SMILES string of the molecule is COc1ccc(CCS(N)(=O)=O)cc1.Cl. The number of ether oxygens (including phenoxy) is 1. The molecular weight excluding hydrogens is 238 g/mol. The Hall–Kier alpha value is -0.780. The molecule has 0 atom stereocenters. The molecule has 4 nitrogen and oxygen atoms in total. The Morgan fingerprint density at radius 2 is 1.80 bits per heavy atom. The van der Waals surface area contributed by atoms with Gasteiger partial charge < -0.3 is 4.74 Å². The smallest absolute Gasteiger partial charge is 0.209 e. The monoisotopic (exact) mass is 251 g/mol. The predicted octanol–water partition coefficient (Wildman–Crippen LogP) is 0.948. The van der Waals surface area contributed by atoms with Gasteiger partial charge in [-0.3, -0.25) is 0 Å². The molecule has 1 aromatic rings. The van der Waals surface area contributed by atoms with E-state index >= 15 is 0 Å². The number of hydrogen-bond donors (Lipinski definition) is 1. The van der Waals surface area contributed by atoms with Crippen LogP contribution >= 0.6 is 12.4 Å². The van der Waals surface area contributed by atoms with Gasteiger partial charge in [-0.25, -0.2) is 13.6 Å². The molecule has 0 fully saturated rings. The normalized spacial score (nSPS) is 10.5. The summed E-state index contributed by atoms with van der Waals surface area (Å²) in [5.41, 5.74) is 0.930. The maximum atomic E-state index is 10.7. The highest BCUT2D eigenvalue weighted by molar-refractivity contribution is 7.89. The van der Waals surface area contributed by atoms with Crippen molar-refractivity contribution in [3.05, 3.63) is 29.8 Å². The third-order valence-electron chi connectivity index (χ3n) is 1.83. The van der Waals surface area contributed by atoms with Crippen molar-refractivity contribution in [3.63, 3.8) is 0 Å². The van der Waals surface area contributed by atoms with Crippen LogP contribution in [0.25, 0.3) is 0 Å². The van der Waals surface area contributed by atoms with Crippen LogP contribution in [0.3, 0.4) is 0 Å². The van der Waals surface area contributed by atoms with Gasteiger partial charge in [0.05, 0.1) is 12.9 Å². The molecule has 1 rings (SSSR count). The molecule has 6 heteroatoms. The number of rotatable bonds is 4. The fraction of sp³-hybridized carbons (Fsp3) is 0.333. The molecule has 0 unspecified atom stereocenters. The van der Waals surface area contributed by atoms with Gasteiger partial charge in [0, 0.05) is 0 Å². The molecule has 0 heterocycles. The van der Waals surface area contributed by atoms with Crippen LogP contribution in [0, 0.1) is 0 Å². The minimum atomic E-state index is -3.37. The fourth-order valence-electron chi connectivity index (χ4n) is 1.05. The average molecular weight is 252 g/mol. The van der Waals surface area contributed by atoms with Crippen LogP contribution in [0.4, 0.5) is 0 Å². The molecule has 0 saturated heterocycles. The third kappa shape index (κ3) is 5.61. The van der Waals surface area contributed by atoms with Crippen LogP contribution in [0.2, 0.25) is 0 Å². The Labute approximate surface area is 95.9 Å². The summed E-state index contributed by atoms with van der Waals surface area (Å²) in [5, 5.41) is 4.89. The molecule has 86 valence electrons. The zero-order valence-corrected chi connectivity index (χ0v) is 9.98. The summed E-state index contributed by atoms with van der Waals surface area (Å²) in [6, 6.07) is 7.23. The first-order valence-electron chi connectivity index (χ1n) is 4.15. The molecule has 0 bridgehead atoms. The highest BCUT2D eigenvalue weighted by Crippen LogP contribution is 2.11. The summed E-state index contributed by atoms with van der Waals surface area (Å²) in [4.78, 5) is 0. The predicted molar refractivity (Wildman–Crippen MR) is 61.9 cm³/mol. The number of methoxy groups -OCH3 is 1. The molecule has 0 radical (unpaired) electrons. The van der Waals surface area contributed by atoms with Gasteiger partial charge in [-0.05, 0) is 24.1 Å². The Morgan fingerprint density at radius 3 is 2.20 bits per heavy atom. The Balaban J connectivity index is 0.00000196. The summed E-state index contributed by atoms with van der Waals surface area (Å²) in [6.45, 7) is 0. The van der Waals surface area contributed by atoms with E-state index in [0.717, 1.165) is 11.3 Å². The fourth-order valence-corrected chi connectivity index (χ4v) is 1.57. The number of hydrogen-bond acceptors (Lipinski definition) is 3. The molecule has 0 aromatic heterocycles. The van der Waals surface area contributed by atoms with Crippen LogP contribution in [-0.2, 0) is 16.4 Å². The van der Waals surface area contributed by atoms with E-state index in [2.05, 4.69) is 0 Å². The van der Waals surface area contributed by atoms with Gasteiger partial charge in [0.15, 0.2) is 0 Å².